The van der Waals surface area contributed by atoms with Gasteiger partial charge in [-0.25, -0.2) is 4.79 Å². The Balaban J connectivity index is 2.52. The molecule has 0 aliphatic rings. The van der Waals surface area contributed by atoms with Crippen LogP contribution in [0.5, 0.6) is 0 Å². The summed E-state index contributed by atoms with van der Waals surface area (Å²) in [6.07, 6.45) is 0. The van der Waals surface area contributed by atoms with Crippen LogP contribution in [0.4, 0.5) is 4.79 Å². The van der Waals surface area contributed by atoms with E-state index in [-0.39, 0.29) is 11.9 Å². The molecule has 110 valence electrons. The van der Waals surface area contributed by atoms with Gasteiger partial charge in [-0.05, 0) is 33.3 Å². The fourth-order valence-corrected chi connectivity index (χ4v) is 1.83. The predicted octanol–water partition coefficient (Wildman–Crippen LogP) is 1.88. The number of amides is 3. The number of hydrogen-bond donors (Lipinski definition) is 3. The molecule has 0 bridgehead atoms. The quantitative estimate of drug-likeness (QED) is 0.769. The molecule has 5 nitrogen and oxygen atoms in total. The van der Waals surface area contributed by atoms with Crippen molar-refractivity contribution in [2.75, 3.05) is 6.54 Å². The molecular weight excluding hydrogens is 254 g/mol. The third-order valence-electron chi connectivity index (χ3n) is 3.04. The van der Waals surface area contributed by atoms with Gasteiger partial charge in [-0.15, -0.1) is 0 Å². The van der Waals surface area contributed by atoms with E-state index in [4.69, 9.17) is 0 Å². The van der Waals surface area contributed by atoms with Gasteiger partial charge in [0.05, 0.1) is 6.04 Å². The normalized spacial score (nSPS) is 13.4. The van der Waals surface area contributed by atoms with Crippen molar-refractivity contribution in [2.45, 2.75) is 39.8 Å². The van der Waals surface area contributed by atoms with E-state index in [2.05, 4.69) is 16.0 Å². The molecule has 1 aromatic carbocycles. The molecule has 0 radical (unpaired) electrons. The van der Waals surface area contributed by atoms with Gasteiger partial charge in [0.15, 0.2) is 0 Å². The summed E-state index contributed by atoms with van der Waals surface area (Å²) in [7, 11) is 0. The van der Waals surface area contributed by atoms with Crippen LogP contribution >= 0.6 is 0 Å². The van der Waals surface area contributed by atoms with Crippen LogP contribution in [0, 0.1) is 6.92 Å². The fraction of sp³-hybridized carbons (Fsp3) is 0.467. The number of hydrogen-bond acceptors (Lipinski definition) is 3. The number of urea groups is 1. The van der Waals surface area contributed by atoms with Crippen LogP contribution in [0.3, 0.4) is 0 Å². The van der Waals surface area contributed by atoms with Crippen LogP contribution in [-0.2, 0) is 4.79 Å². The van der Waals surface area contributed by atoms with Crippen LogP contribution in [0.1, 0.15) is 37.9 Å². The first-order valence-corrected chi connectivity index (χ1v) is 6.85. The minimum absolute atomic E-state index is 0.0330. The molecule has 3 amide bonds. The first-order chi connectivity index (χ1) is 9.43. The Kier molecular flexibility index (Phi) is 6.18. The molecule has 0 heterocycles. The second kappa shape index (κ2) is 7.65. The van der Waals surface area contributed by atoms with E-state index in [1.807, 2.05) is 38.1 Å². The lowest BCUT2D eigenvalue weighted by atomic mass is 10.1. The van der Waals surface area contributed by atoms with Crippen LogP contribution in [0.15, 0.2) is 24.3 Å². The first kappa shape index (κ1) is 16.2. The summed E-state index contributed by atoms with van der Waals surface area (Å²) in [5.74, 6) is -0.338. The van der Waals surface area contributed by atoms with Gasteiger partial charge in [0.2, 0.25) is 5.91 Å². The van der Waals surface area contributed by atoms with Crippen molar-refractivity contribution in [3.8, 4) is 0 Å². The molecule has 0 spiro atoms. The zero-order valence-electron chi connectivity index (χ0n) is 12.5. The van der Waals surface area contributed by atoms with Gasteiger partial charge in [0.25, 0.3) is 0 Å². The summed E-state index contributed by atoms with van der Waals surface area (Å²) >= 11 is 0. The maximum absolute atomic E-state index is 11.8. The minimum Gasteiger partial charge on any atom is -0.338 e. The Labute approximate surface area is 120 Å². The van der Waals surface area contributed by atoms with E-state index in [9.17, 15) is 9.59 Å². The van der Waals surface area contributed by atoms with Crippen molar-refractivity contribution < 1.29 is 9.59 Å². The summed E-state index contributed by atoms with van der Waals surface area (Å²) in [5.41, 5.74) is 2.30. The molecule has 1 aromatic rings. The Morgan fingerprint density at radius 3 is 2.30 bits per heavy atom. The van der Waals surface area contributed by atoms with Gasteiger partial charge in [0, 0.05) is 12.6 Å². The molecule has 0 aromatic heterocycles. The zero-order chi connectivity index (χ0) is 15.1. The summed E-state index contributed by atoms with van der Waals surface area (Å²) in [5, 5.41) is 7.99. The lowest BCUT2D eigenvalue weighted by molar-refractivity contribution is -0.121. The van der Waals surface area contributed by atoms with Crippen molar-refractivity contribution in [1.29, 1.82) is 0 Å². The van der Waals surface area contributed by atoms with Crippen LogP contribution in [-0.4, -0.2) is 24.5 Å². The van der Waals surface area contributed by atoms with E-state index in [1.165, 1.54) is 5.56 Å². The van der Waals surface area contributed by atoms with Gasteiger partial charge in [-0.3, -0.25) is 15.4 Å². The number of nitrogens with one attached hydrogen (secondary N) is 3. The Bertz CT molecular complexity index is 457. The second-order valence-electron chi connectivity index (χ2n) is 4.87. The summed E-state index contributed by atoms with van der Waals surface area (Å²) < 4.78 is 0. The minimum atomic E-state index is -0.464. The Morgan fingerprint density at radius 1 is 1.15 bits per heavy atom. The SMILES string of the molecule is CCNC(=O)NC(=O)C(C)NC(C)c1ccc(C)cc1. The maximum atomic E-state index is 11.8. The molecule has 0 fully saturated rings. The van der Waals surface area contributed by atoms with Crippen molar-refractivity contribution in [1.82, 2.24) is 16.0 Å². The number of imide groups is 1. The van der Waals surface area contributed by atoms with Gasteiger partial charge in [-0.1, -0.05) is 29.8 Å². The number of carbonyl (C=O) groups is 2. The van der Waals surface area contributed by atoms with Crippen molar-refractivity contribution in [2.24, 2.45) is 0 Å². The molecule has 3 N–H and O–H groups in total. The molecule has 2 unspecified atom stereocenters. The molecular formula is C15H23N3O2. The molecule has 0 saturated heterocycles. The van der Waals surface area contributed by atoms with Gasteiger partial charge >= 0.3 is 6.03 Å². The van der Waals surface area contributed by atoms with E-state index in [0.717, 1.165) is 5.56 Å². The first-order valence-electron chi connectivity index (χ1n) is 6.85. The smallest absolute Gasteiger partial charge is 0.321 e. The Hall–Kier alpha value is -1.88. The lowest BCUT2D eigenvalue weighted by Crippen LogP contribution is -2.48. The average molecular weight is 277 g/mol. The molecule has 1 rings (SSSR count). The monoisotopic (exact) mass is 277 g/mol. The highest BCUT2D eigenvalue weighted by atomic mass is 16.2. The highest BCUT2D eigenvalue weighted by Gasteiger charge is 2.17. The molecule has 0 aliphatic heterocycles. The van der Waals surface area contributed by atoms with Crippen molar-refractivity contribution >= 4 is 11.9 Å². The number of rotatable bonds is 5. The average Bonchev–Trinajstić information content (AvgIpc) is 2.39. The van der Waals surface area contributed by atoms with Gasteiger partial charge < -0.3 is 5.32 Å². The van der Waals surface area contributed by atoms with Gasteiger partial charge in [-0.2, -0.15) is 0 Å². The van der Waals surface area contributed by atoms with Crippen molar-refractivity contribution in [3.63, 3.8) is 0 Å². The third kappa shape index (κ3) is 5.01. The maximum Gasteiger partial charge on any atom is 0.321 e. The van der Waals surface area contributed by atoms with E-state index in [1.54, 1.807) is 13.8 Å². The predicted molar refractivity (Wildman–Crippen MR) is 79.4 cm³/mol. The zero-order valence-corrected chi connectivity index (χ0v) is 12.5. The topological polar surface area (TPSA) is 70.2 Å². The largest absolute Gasteiger partial charge is 0.338 e. The molecule has 20 heavy (non-hydrogen) atoms. The summed E-state index contributed by atoms with van der Waals surface area (Å²) in [6, 6.07) is 7.25. The van der Waals surface area contributed by atoms with E-state index < -0.39 is 12.1 Å². The summed E-state index contributed by atoms with van der Waals surface area (Å²) in [6.45, 7) is 8.04. The molecule has 0 aliphatic carbocycles. The fourth-order valence-electron chi connectivity index (χ4n) is 1.83. The standard InChI is InChI=1S/C15H23N3O2/c1-5-16-15(20)18-14(19)12(4)17-11(3)13-8-6-10(2)7-9-13/h6-9,11-12,17H,5H2,1-4H3,(H2,16,18,19,20). The Morgan fingerprint density at radius 2 is 1.75 bits per heavy atom. The number of aryl methyl sites for hydroxylation is 1. The van der Waals surface area contributed by atoms with Crippen molar-refractivity contribution in [3.05, 3.63) is 35.4 Å². The number of benzene rings is 1. The molecule has 5 heteroatoms. The lowest BCUT2D eigenvalue weighted by Gasteiger charge is -2.19. The molecule has 0 saturated carbocycles. The van der Waals surface area contributed by atoms with Gasteiger partial charge in [0.1, 0.15) is 0 Å². The summed E-state index contributed by atoms with van der Waals surface area (Å²) in [4.78, 5) is 23.1. The number of carbonyl (C=O) groups excluding carboxylic acids is 2. The van der Waals surface area contributed by atoms with E-state index >= 15 is 0 Å². The highest BCUT2D eigenvalue weighted by molar-refractivity contribution is 5.96. The van der Waals surface area contributed by atoms with Crippen LogP contribution < -0.4 is 16.0 Å². The highest BCUT2D eigenvalue weighted by Crippen LogP contribution is 2.13. The third-order valence-corrected chi connectivity index (χ3v) is 3.04. The second-order valence-corrected chi connectivity index (χ2v) is 4.87. The van der Waals surface area contributed by atoms with Crippen LogP contribution in [0.25, 0.3) is 0 Å². The molecule has 2 atom stereocenters. The van der Waals surface area contributed by atoms with Crippen LogP contribution in [0.2, 0.25) is 0 Å². The van der Waals surface area contributed by atoms with E-state index in [0.29, 0.717) is 6.54 Å².